The summed E-state index contributed by atoms with van der Waals surface area (Å²) in [4.78, 5) is 26.8. The number of benzene rings is 1. The van der Waals surface area contributed by atoms with Crippen molar-refractivity contribution < 1.29 is 14.8 Å². The van der Waals surface area contributed by atoms with Crippen molar-refractivity contribution in [3.8, 4) is 0 Å². The van der Waals surface area contributed by atoms with Crippen LogP contribution in [0.4, 0.5) is 5.69 Å². The average molecular weight is 386 g/mol. The minimum absolute atomic E-state index is 0.107. The van der Waals surface area contributed by atoms with Crippen molar-refractivity contribution in [2.75, 3.05) is 0 Å². The number of carbonyl (C=O) groups is 1. The first-order valence-electron chi connectivity index (χ1n) is 8.08. The Kier molecular flexibility index (Phi) is 4.96. The lowest BCUT2D eigenvalue weighted by Crippen LogP contribution is -2.27. The molecule has 2 heterocycles. The number of nitro groups is 1. The molecule has 1 unspecified atom stereocenters. The topological polar surface area (TPSA) is 105 Å². The number of nitrogens with zero attached hydrogens (tertiary/aromatic N) is 2. The first kappa shape index (κ1) is 18.6. The van der Waals surface area contributed by atoms with Gasteiger partial charge in [0.2, 0.25) is 0 Å². The van der Waals surface area contributed by atoms with Crippen LogP contribution in [0.15, 0.2) is 59.6 Å². The molecule has 1 aromatic heterocycles. The van der Waals surface area contributed by atoms with Crippen molar-refractivity contribution in [3.63, 3.8) is 0 Å². The molecule has 0 radical (unpaired) electrons. The van der Waals surface area contributed by atoms with Crippen molar-refractivity contribution in [2.45, 2.75) is 19.8 Å². The fourth-order valence-corrected chi connectivity index (χ4v) is 3.59. The molecule has 2 N–H and O–H groups in total. The summed E-state index contributed by atoms with van der Waals surface area (Å²) in [6.07, 6.45) is 1.54. The van der Waals surface area contributed by atoms with Crippen LogP contribution in [0.5, 0.6) is 0 Å². The van der Waals surface area contributed by atoms with Crippen molar-refractivity contribution in [2.24, 2.45) is 0 Å². The summed E-state index contributed by atoms with van der Waals surface area (Å²) in [5.74, 6) is -1.84. The molecule has 2 aromatic rings. The van der Waals surface area contributed by atoms with Gasteiger partial charge in [-0.15, -0.1) is 0 Å². The molecule has 138 valence electrons. The predicted octanol–water partition coefficient (Wildman–Crippen LogP) is 4.12. The van der Waals surface area contributed by atoms with Crippen LogP contribution < -0.4 is 5.32 Å². The van der Waals surface area contributed by atoms with Gasteiger partial charge in [0, 0.05) is 41.2 Å². The quantitative estimate of drug-likeness (QED) is 0.466. The summed E-state index contributed by atoms with van der Waals surface area (Å²) in [6.45, 7) is 3.48. The number of nitrogens with one attached hydrogen (secondary N) is 1. The van der Waals surface area contributed by atoms with Gasteiger partial charge in [0.05, 0.1) is 10.5 Å². The van der Waals surface area contributed by atoms with Gasteiger partial charge in [-0.05, 0) is 37.1 Å². The standard InChI is InChI=1S/C19H16ClN3O4/c1-10-15(14-7-4-8-21-18(14)20)17(16(19(24)25)11(2)22-10)12-5-3-6-13(9-12)23(26)27/h3-9,17,22H,1-2H3,(H,24,25). The Balaban J connectivity index is 2.29. The van der Waals surface area contributed by atoms with E-state index in [0.717, 1.165) is 0 Å². The van der Waals surface area contributed by atoms with E-state index in [-0.39, 0.29) is 16.4 Å². The largest absolute Gasteiger partial charge is 0.478 e. The number of dihydropyridines is 1. The smallest absolute Gasteiger partial charge is 0.334 e. The maximum Gasteiger partial charge on any atom is 0.334 e. The van der Waals surface area contributed by atoms with Gasteiger partial charge in [0.25, 0.3) is 5.69 Å². The van der Waals surface area contributed by atoms with Crippen LogP contribution in [0.2, 0.25) is 5.15 Å². The lowest BCUT2D eigenvalue weighted by atomic mass is 9.78. The van der Waals surface area contributed by atoms with Gasteiger partial charge >= 0.3 is 5.97 Å². The molecule has 3 rings (SSSR count). The Morgan fingerprint density at radius 3 is 2.63 bits per heavy atom. The molecule has 0 spiro atoms. The maximum absolute atomic E-state index is 12.0. The fraction of sp³-hybridized carbons (Fsp3) is 0.158. The Bertz CT molecular complexity index is 1010. The number of aromatic nitrogens is 1. The van der Waals surface area contributed by atoms with Gasteiger partial charge in [0.1, 0.15) is 5.15 Å². The number of halogens is 1. The second-order valence-electron chi connectivity index (χ2n) is 6.13. The molecular weight excluding hydrogens is 370 g/mol. The number of non-ortho nitro benzene ring substituents is 1. The van der Waals surface area contributed by atoms with Crippen LogP contribution in [0, 0.1) is 10.1 Å². The van der Waals surface area contributed by atoms with E-state index < -0.39 is 16.8 Å². The molecule has 7 nitrogen and oxygen atoms in total. The van der Waals surface area contributed by atoms with Gasteiger partial charge in [0.15, 0.2) is 0 Å². The SMILES string of the molecule is CC1=C(C(=O)O)C(c2cccc([N+](=O)[O-])c2)C(c2cccnc2Cl)=C(C)N1. The van der Waals surface area contributed by atoms with Gasteiger partial charge < -0.3 is 10.4 Å². The first-order chi connectivity index (χ1) is 12.8. The minimum atomic E-state index is -1.11. The molecule has 1 aromatic carbocycles. The van der Waals surface area contributed by atoms with Crippen LogP contribution in [-0.4, -0.2) is 21.0 Å². The normalized spacial score (nSPS) is 16.9. The van der Waals surface area contributed by atoms with Crippen molar-refractivity contribution >= 4 is 28.8 Å². The van der Waals surface area contributed by atoms with E-state index >= 15 is 0 Å². The highest BCUT2D eigenvalue weighted by molar-refractivity contribution is 6.31. The van der Waals surface area contributed by atoms with E-state index in [1.54, 1.807) is 37.4 Å². The number of rotatable bonds is 4. The number of hydrogen-bond donors (Lipinski definition) is 2. The van der Waals surface area contributed by atoms with Crippen molar-refractivity contribution in [1.82, 2.24) is 10.3 Å². The molecule has 0 bridgehead atoms. The molecule has 0 aliphatic carbocycles. The number of carboxylic acid groups (broad SMARTS) is 1. The summed E-state index contributed by atoms with van der Waals surface area (Å²) in [6, 6.07) is 9.44. The first-order valence-corrected chi connectivity index (χ1v) is 8.46. The third-order valence-corrected chi connectivity index (χ3v) is 4.76. The van der Waals surface area contributed by atoms with E-state index in [0.29, 0.717) is 28.1 Å². The van der Waals surface area contributed by atoms with E-state index in [1.807, 2.05) is 6.92 Å². The van der Waals surface area contributed by atoms with Gasteiger partial charge in [-0.25, -0.2) is 9.78 Å². The second kappa shape index (κ2) is 7.20. The van der Waals surface area contributed by atoms with E-state index in [9.17, 15) is 20.0 Å². The molecule has 1 atom stereocenters. The van der Waals surface area contributed by atoms with Crippen LogP contribution in [-0.2, 0) is 4.79 Å². The zero-order valence-electron chi connectivity index (χ0n) is 14.6. The van der Waals surface area contributed by atoms with E-state index in [2.05, 4.69) is 10.3 Å². The molecule has 0 fully saturated rings. The zero-order chi connectivity index (χ0) is 19.7. The molecule has 0 amide bonds. The minimum Gasteiger partial charge on any atom is -0.478 e. The Morgan fingerprint density at radius 2 is 2.00 bits per heavy atom. The number of pyridine rings is 1. The third kappa shape index (κ3) is 3.41. The molecule has 27 heavy (non-hydrogen) atoms. The summed E-state index contributed by atoms with van der Waals surface area (Å²) < 4.78 is 0. The fourth-order valence-electron chi connectivity index (χ4n) is 3.37. The average Bonchev–Trinajstić information content (AvgIpc) is 2.61. The monoisotopic (exact) mass is 385 g/mol. The summed E-state index contributed by atoms with van der Waals surface area (Å²) >= 11 is 6.28. The highest BCUT2D eigenvalue weighted by atomic mass is 35.5. The molecular formula is C19H16ClN3O4. The summed E-state index contributed by atoms with van der Waals surface area (Å²) in [5.41, 5.74) is 2.88. The zero-order valence-corrected chi connectivity index (χ0v) is 15.3. The Labute approximate surface area is 160 Å². The molecule has 1 aliphatic heterocycles. The number of nitro benzene ring substituents is 1. The van der Waals surface area contributed by atoms with E-state index in [1.165, 1.54) is 12.1 Å². The van der Waals surface area contributed by atoms with Crippen molar-refractivity contribution in [1.29, 1.82) is 0 Å². The molecule has 0 saturated carbocycles. The lowest BCUT2D eigenvalue weighted by molar-refractivity contribution is -0.384. The maximum atomic E-state index is 12.0. The van der Waals surface area contributed by atoms with Crippen LogP contribution in [0.3, 0.4) is 0 Å². The summed E-state index contributed by atoms with van der Waals surface area (Å²) in [5, 5.41) is 24.4. The number of carboxylic acids is 1. The van der Waals surface area contributed by atoms with Gasteiger partial charge in [-0.3, -0.25) is 10.1 Å². The van der Waals surface area contributed by atoms with Crippen LogP contribution >= 0.6 is 11.6 Å². The Morgan fingerprint density at radius 1 is 1.26 bits per heavy atom. The molecule has 8 heteroatoms. The lowest BCUT2D eigenvalue weighted by Gasteiger charge is -2.31. The van der Waals surface area contributed by atoms with Gasteiger partial charge in [-0.1, -0.05) is 23.7 Å². The van der Waals surface area contributed by atoms with Crippen LogP contribution in [0.25, 0.3) is 5.57 Å². The van der Waals surface area contributed by atoms with E-state index in [4.69, 9.17) is 11.6 Å². The highest BCUT2D eigenvalue weighted by Crippen LogP contribution is 2.45. The number of aliphatic carboxylic acids is 1. The van der Waals surface area contributed by atoms with Crippen LogP contribution in [0.1, 0.15) is 30.9 Å². The van der Waals surface area contributed by atoms with Crippen molar-refractivity contribution in [3.05, 3.63) is 86.0 Å². The third-order valence-electron chi connectivity index (χ3n) is 4.45. The predicted molar refractivity (Wildman–Crippen MR) is 101 cm³/mol. The highest BCUT2D eigenvalue weighted by Gasteiger charge is 2.35. The number of allylic oxidation sites excluding steroid dienone is 3. The Hall–Kier alpha value is -3.19. The molecule has 0 saturated heterocycles. The molecule has 1 aliphatic rings. The number of hydrogen-bond acceptors (Lipinski definition) is 5. The van der Waals surface area contributed by atoms with Gasteiger partial charge in [-0.2, -0.15) is 0 Å². The summed E-state index contributed by atoms with van der Waals surface area (Å²) in [7, 11) is 0. The second-order valence-corrected chi connectivity index (χ2v) is 6.49.